The molecule has 0 bridgehead atoms. The van der Waals surface area contributed by atoms with Crippen LogP contribution >= 0.6 is 11.6 Å². The number of halogens is 1. The lowest BCUT2D eigenvalue weighted by atomic mass is 10.1. The number of nitrogens with one attached hydrogen (secondary N) is 1. The summed E-state index contributed by atoms with van der Waals surface area (Å²) in [7, 11) is -3.99. The monoisotopic (exact) mass is 442 g/mol. The standard InChI is InChI=1S/C23H23ClN2O3S/c1-16-7-4-5-10-21(16)26(30(28,29)20-13-11-19(24)12-14-20)15-22(27)25-23-17(2)8-6-9-18(23)3/h4-14H,15H2,1-3H3,(H,25,27). The van der Waals surface area contributed by atoms with Crippen LogP contribution in [0.4, 0.5) is 11.4 Å². The van der Waals surface area contributed by atoms with Gasteiger partial charge in [0, 0.05) is 10.7 Å². The molecule has 3 rings (SSSR count). The third-order valence-corrected chi connectivity index (χ3v) is 6.84. The summed E-state index contributed by atoms with van der Waals surface area (Å²) < 4.78 is 28.0. The van der Waals surface area contributed by atoms with Crippen molar-refractivity contribution in [3.05, 3.63) is 88.4 Å². The maximum absolute atomic E-state index is 13.4. The first-order valence-corrected chi connectivity index (χ1v) is 11.2. The van der Waals surface area contributed by atoms with Gasteiger partial charge in [-0.2, -0.15) is 0 Å². The van der Waals surface area contributed by atoms with Crippen LogP contribution in [-0.4, -0.2) is 20.9 Å². The predicted molar refractivity (Wildman–Crippen MR) is 122 cm³/mol. The zero-order chi connectivity index (χ0) is 21.9. The van der Waals surface area contributed by atoms with E-state index in [4.69, 9.17) is 11.6 Å². The second kappa shape index (κ2) is 8.90. The number of carbonyl (C=O) groups is 1. The number of anilines is 2. The average Bonchev–Trinajstić information content (AvgIpc) is 2.70. The first-order chi connectivity index (χ1) is 14.2. The highest BCUT2D eigenvalue weighted by Crippen LogP contribution is 2.28. The molecule has 3 aromatic rings. The highest BCUT2D eigenvalue weighted by Gasteiger charge is 2.28. The molecule has 0 saturated heterocycles. The van der Waals surface area contributed by atoms with Crippen LogP contribution in [0.3, 0.4) is 0 Å². The largest absolute Gasteiger partial charge is 0.324 e. The number of para-hydroxylation sites is 2. The first kappa shape index (κ1) is 21.9. The summed E-state index contributed by atoms with van der Waals surface area (Å²) in [6, 6.07) is 18.7. The van der Waals surface area contributed by atoms with Crippen molar-refractivity contribution >= 4 is 38.9 Å². The molecule has 0 atom stereocenters. The lowest BCUT2D eigenvalue weighted by molar-refractivity contribution is -0.114. The van der Waals surface area contributed by atoms with Gasteiger partial charge in [0.05, 0.1) is 10.6 Å². The van der Waals surface area contributed by atoms with Crippen LogP contribution in [-0.2, 0) is 14.8 Å². The predicted octanol–water partition coefficient (Wildman–Crippen LogP) is 5.10. The summed E-state index contributed by atoms with van der Waals surface area (Å²) in [5.74, 6) is -0.423. The molecule has 5 nitrogen and oxygen atoms in total. The van der Waals surface area contributed by atoms with Crippen LogP contribution in [0.15, 0.2) is 71.6 Å². The third kappa shape index (κ3) is 4.66. The van der Waals surface area contributed by atoms with Crippen molar-refractivity contribution in [2.45, 2.75) is 25.7 Å². The summed E-state index contributed by atoms with van der Waals surface area (Å²) in [4.78, 5) is 13.0. The number of aryl methyl sites for hydroxylation is 3. The Morgan fingerprint density at radius 1 is 0.867 bits per heavy atom. The van der Waals surface area contributed by atoms with Crippen molar-refractivity contribution in [1.29, 1.82) is 0 Å². The van der Waals surface area contributed by atoms with E-state index >= 15 is 0 Å². The van der Waals surface area contributed by atoms with E-state index in [1.165, 1.54) is 24.3 Å². The molecule has 0 fully saturated rings. The quantitative estimate of drug-likeness (QED) is 0.577. The van der Waals surface area contributed by atoms with Gasteiger partial charge in [0.2, 0.25) is 5.91 Å². The topological polar surface area (TPSA) is 66.5 Å². The number of amides is 1. The minimum atomic E-state index is -3.99. The van der Waals surface area contributed by atoms with Crippen molar-refractivity contribution in [3.8, 4) is 0 Å². The van der Waals surface area contributed by atoms with Crippen LogP contribution in [0, 0.1) is 20.8 Å². The van der Waals surface area contributed by atoms with Gasteiger partial charge in [0.25, 0.3) is 10.0 Å². The number of rotatable bonds is 6. The van der Waals surface area contributed by atoms with Crippen molar-refractivity contribution in [3.63, 3.8) is 0 Å². The van der Waals surface area contributed by atoms with E-state index in [0.29, 0.717) is 16.4 Å². The Hall–Kier alpha value is -2.83. The van der Waals surface area contributed by atoms with E-state index in [0.717, 1.165) is 21.0 Å². The zero-order valence-electron chi connectivity index (χ0n) is 17.0. The van der Waals surface area contributed by atoms with Crippen LogP contribution in [0.5, 0.6) is 0 Å². The Labute approximate surface area is 182 Å². The zero-order valence-corrected chi connectivity index (χ0v) is 18.6. The Balaban J connectivity index is 1.99. The Kier molecular flexibility index (Phi) is 6.48. The fourth-order valence-electron chi connectivity index (χ4n) is 3.20. The van der Waals surface area contributed by atoms with Gasteiger partial charge in [0.15, 0.2) is 0 Å². The molecule has 30 heavy (non-hydrogen) atoms. The smallest absolute Gasteiger partial charge is 0.264 e. The molecular weight excluding hydrogens is 420 g/mol. The van der Waals surface area contributed by atoms with E-state index in [1.54, 1.807) is 12.1 Å². The molecule has 0 heterocycles. The van der Waals surface area contributed by atoms with Gasteiger partial charge in [-0.05, 0) is 67.8 Å². The van der Waals surface area contributed by atoms with Crippen LogP contribution in [0.1, 0.15) is 16.7 Å². The average molecular weight is 443 g/mol. The number of sulfonamides is 1. The number of benzene rings is 3. The van der Waals surface area contributed by atoms with Gasteiger partial charge in [-0.1, -0.05) is 48.0 Å². The van der Waals surface area contributed by atoms with Gasteiger partial charge in [-0.15, -0.1) is 0 Å². The molecule has 0 spiro atoms. The van der Waals surface area contributed by atoms with E-state index in [-0.39, 0.29) is 11.4 Å². The minimum Gasteiger partial charge on any atom is -0.324 e. The van der Waals surface area contributed by atoms with Gasteiger partial charge >= 0.3 is 0 Å². The lowest BCUT2D eigenvalue weighted by Crippen LogP contribution is -2.38. The number of carbonyl (C=O) groups excluding carboxylic acids is 1. The van der Waals surface area contributed by atoms with Gasteiger partial charge in [-0.25, -0.2) is 8.42 Å². The van der Waals surface area contributed by atoms with Gasteiger partial charge in [0.1, 0.15) is 6.54 Å². The molecule has 0 aromatic heterocycles. The molecule has 3 aromatic carbocycles. The molecular formula is C23H23ClN2O3S. The Morgan fingerprint density at radius 2 is 1.43 bits per heavy atom. The Morgan fingerprint density at radius 3 is 2.03 bits per heavy atom. The number of nitrogens with zero attached hydrogens (tertiary/aromatic N) is 1. The summed E-state index contributed by atoms with van der Waals surface area (Å²) in [5, 5.41) is 3.30. The van der Waals surface area contributed by atoms with Gasteiger partial charge < -0.3 is 5.32 Å². The maximum atomic E-state index is 13.4. The highest BCUT2D eigenvalue weighted by molar-refractivity contribution is 7.92. The molecule has 0 aliphatic heterocycles. The maximum Gasteiger partial charge on any atom is 0.264 e. The summed E-state index contributed by atoms with van der Waals surface area (Å²) in [6.45, 7) is 5.24. The van der Waals surface area contributed by atoms with Crippen molar-refractivity contribution in [2.75, 3.05) is 16.2 Å². The minimum absolute atomic E-state index is 0.0648. The lowest BCUT2D eigenvalue weighted by Gasteiger charge is -2.26. The summed E-state index contributed by atoms with van der Waals surface area (Å²) in [5.41, 5.74) is 3.70. The number of hydrogen-bond acceptors (Lipinski definition) is 3. The van der Waals surface area contributed by atoms with E-state index in [9.17, 15) is 13.2 Å². The van der Waals surface area contributed by atoms with E-state index < -0.39 is 15.9 Å². The van der Waals surface area contributed by atoms with Crippen molar-refractivity contribution < 1.29 is 13.2 Å². The molecule has 156 valence electrons. The van der Waals surface area contributed by atoms with E-state index in [2.05, 4.69) is 5.32 Å². The van der Waals surface area contributed by atoms with Crippen LogP contribution < -0.4 is 9.62 Å². The van der Waals surface area contributed by atoms with Crippen molar-refractivity contribution in [1.82, 2.24) is 0 Å². The second-order valence-electron chi connectivity index (χ2n) is 7.07. The molecule has 1 amide bonds. The highest BCUT2D eigenvalue weighted by atomic mass is 35.5. The molecule has 1 N–H and O–H groups in total. The molecule has 0 saturated carbocycles. The van der Waals surface area contributed by atoms with Gasteiger partial charge in [-0.3, -0.25) is 9.10 Å². The van der Waals surface area contributed by atoms with Crippen LogP contribution in [0.2, 0.25) is 5.02 Å². The normalized spacial score (nSPS) is 11.2. The molecule has 0 radical (unpaired) electrons. The molecule has 0 aliphatic rings. The van der Waals surface area contributed by atoms with Crippen LogP contribution in [0.25, 0.3) is 0 Å². The molecule has 0 aliphatic carbocycles. The second-order valence-corrected chi connectivity index (χ2v) is 9.37. The summed E-state index contributed by atoms with van der Waals surface area (Å²) in [6.07, 6.45) is 0. The van der Waals surface area contributed by atoms with E-state index in [1.807, 2.05) is 51.1 Å². The fourth-order valence-corrected chi connectivity index (χ4v) is 4.81. The first-order valence-electron chi connectivity index (χ1n) is 9.40. The number of hydrogen-bond donors (Lipinski definition) is 1. The Bertz CT molecular complexity index is 1160. The summed E-state index contributed by atoms with van der Waals surface area (Å²) >= 11 is 5.92. The third-order valence-electron chi connectivity index (χ3n) is 4.82. The molecule has 7 heteroatoms. The fraction of sp³-hybridized carbons (Fsp3) is 0.174. The molecule has 0 unspecified atom stereocenters. The SMILES string of the molecule is Cc1ccccc1N(CC(=O)Nc1c(C)cccc1C)S(=O)(=O)c1ccc(Cl)cc1. The van der Waals surface area contributed by atoms with Crippen molar-refractivity contribution in [2.24, 2.45) is 0 Å².